The molecule has 0 bridgehead atoms. The summed E-state index contributed by atoms with van der Waals surface area (Å²) in [5.74, 6) is 0.951. The molecule has 0 saturated carbocycles. The van der Waals surface area contributed by atoms with Gasteiger partial charge < -0.3 is 9.73 Å². The molecule has 0 saturated heterocycles. The van der Waals surface area contributed by atoms with Crippen molar-refractivity contribution in [3.05, 3.63) is 59.2 Å². The number of nitrogens with one attached hydrogen (secondary N) is 1. The topological polar surface area (TPSA) is 25.2 Å². The Kier molecular flexibility index (Phi) is 3.80. The molecule has 3 rings (SSSR count). The Morgan fingerprint density at radius 3 is 2.52 bits per heavy atom. The van der Waals surface area contributed by atoms with Crippen molar-refractivity contribution >= 4 is 11.0 Å². The number of aryl methyl sites for hydroxylation is 2. The van der Waals surface area contributed by atoms with Gasteiger partial charge in [0.2, 0.25) is 0 Å². The molecule has 0 fully saturated rings. The van der Waals surface area contributed by atoms with Crippen LogP contribution in [0.5, 0.6) is 0 Å². The second kappa shape index (κ2) is 5.74. The highest BCUT2D eigenvalue weighted by Gasteiger charge is 2.11. The molecule has 0 aliphatic rings. The molecule has 2 aromatic carbocycles. The van der Waals surface area contributed by atoms with E-state index >= 15 is 0 Å². The molecule has 0 unspecified atom stereocenters. The van der Waals surface area contributed by atoms with Crippen LogP contribution in [0, 0.1) is 13.8 Å². The third kappa shape index (κ3) is 2.86. The van der Waals surface area contributed by atoms with Crippen LogP contribution in [0.2, 0.25) is 0 Å². The lowest BCUT2D eigenvalue weighted by molar-refractivity contribution is 0.628. The summed E-state index contributed by atoms with van der Waals surface area (Å²) in [6.07, 6.45) is 0. The van der Waals surface area contributed by atoms with Gasteiger partial charge in [0.15, 0.2) is 0 Å². The van der Waals surface area contributed by atoms with Crippen LogP contribution >= 0.6 is 0 Å². The zero-order valence-electron chi connectivity index (χ0n) is 12.9. The third-order valence-corrected chi connectivity index (χ3v) is 3.77. The van der Waals surface area contributed by atoms with E-state index in [1.165, 1.54) is 27.6 Å². The number of fused-ring (bicyclic) bond motifs is 1. The van der Waals surface area contributed by atoms with Crippen molar-refractivity contribution in [1.29, 1.82) is 0 Å². The van der Waals surface area contributed by atoms with Gasteiger partial charge in [-0.2, -0.15) is 0 Å². The Bertz CT molecular complexity index is 770. The van der Waals surface area contributed by atoms with Gasteiger partial charge in [0, 0.05) is 17.5 Å². The van der Waals surface area contributed by atoms with Crippen molar-refractivity contribution in [2.75, 3.05) is 6.54 Å². The Balaban J connectivity index is 2.10. The molecule has 0 amide bonds. The molecular formula is C19H21NO. The molecule has 2 nitrogen and oxygen atoms in total. The normalized spacial score (nSPS) is 11.2. The average molecular weight is 279 g/mol. The van der Waals surface area contributed by atoms with Gasteiger partial charge in [-0.3, -0.25) is 0 Å². The molecule has 0 aliphatic carbocycles. The summed E-state index contributed by atoms with van der Waals surface area (Å²) in [7, 11) is 0. The molecule has 1 aromatic heterocycles. The van der Waals surface area contributed by atoms with E-state index in [0.29, 0.717) is 0 Å². The van der Waals surface area contributed by atoms with E-state index in [9.17, 15) is 0 Å². The standard InChI is InChI=1S/C19H21NO/c1-4-20-12-15-7-5-14(3)10-17(15)19-11-16-9-13(2)6-8-18(16)21-19/h5-11,20H,4,12H2,1-3H3. The van der Waals surface area contributed by atoms with Gasteiger partial charge >= 0.3 is 0 Å². The summed E-state index contributed by atoms with van der Waals surface area (Å²) in [5, 5.41) is 4.56. The van der Waals surface area contributed by atoms with Crippen molar-refractivity contribution in [1.82, 2.24) is 5.32 Å². The molecule has 3 aromatic rings. The summed E-state index contributed by atoms with van der Waals surface area (Å²) in [6, 6.07) is 15.0. The Morgan fingerprint density at radius 2 is 1.71 bits per heavy atom. The minimum Gasteiger partial charge on any atom is -0.456 e. The Hall–Kier alpha value is -2.06. The molecule has 1 N–H and O–H groups in total. The van der Waals surface area contributed by atoms with E-state index in [2.05, 4.69) is 62.5 Å². The molecule has 108 valence electrons. The van der Waals surface area contributed by atoms with Crippen LogP contribution in [-0.4, -0.2) is 6.54 Å². The number of furan rings is 1. The molecule has 0 aliphatic heterocycles. The van der Waals surface area contributed by atoms with Gasteiger partial charge in [-0.15, -0.1) is 0 Å². The number of hydrogen-bond donors (Lipinski definition) is 1. The molecule has 21 heavy (non-hydrogen) atoms. The highest BCUT2D eigenvalue weighted by atomic mass is 16.3. The lowest BCUT2D eigenvalue weighted by Gasteiger charge is -2.09. The fourth-order valence-electron chi connectivity index (χ4n) is 2.63. The zero-order chi connectivity index (χ0) is 14.8. The van der Waals surface area contributed by atoms with E-state index in [0.717, 1.165) is 24.4 Å². The van der Waals surface area contributed by atoms with Gasteiger partial charge in [-0.1, -0.05) is 36.2 Å². The molecule has 1 heterocycles. The predicted octanol–water partition coefficient (Wildman–Crippen LogP) is 4.83. The second-order valence-electron chi connectivity index (χ2n) is 5.59. The van der Waals surface area contributed by atoms with Crippen molar-refractivity contribution < 1.29 is 4.42 Å². The van der Waals surface area contributed by atoms with E-state index < -0.39 is 0 Å². The van der Waals surface area contributed by atoms with Crippen molar-refractivity contribution in [2.45, 2.75) is 27.3 Å². The highest BCUT2D eigenvalue weighted by molar-refractivity contribution is 5.84. The lowest BCUT2D eigenvalue weighted by Crippen LogP contribution is -2.12. The first kappa shape index (κ1) is 13.9. The first-order valence-electron chi connectivity index (χ1n) is 7.48. The van der Waals surface area contributed by atoms with Gasteiger partial charge in [0.05, 0.1) is 0 Å². The average Bonchev–Trinajstić information content (AvgIpc) is 2.88. The maximum atomic E-state index is 6.06. The number of rotatable bonds is 4. The molecular weight excluding hydrogens is 258 g/mol. The third-order valence-electron chi connectivity index (χ3n) is 3.77. The van der Waals surface area contributed by atoms with Crippen LogP contribution in [0.25, 0.3) is 22.3 Å². The van der Waals surface area contributed by atoms with E-state index in [4.69, 9.17) is 4.42 Å². The summed E-state index contributed by atoms with van der Waals surface area (Å²) >= 11 is 0. The van der Waals surface area contributed by atoms with E-state index in [1.54, 1.807) is 0 Å². The first-order chi connectivity index (χ1) is 10.2. The fraction of sp³-hybridized carbons (Fsp3) is 0.263. The summed E-state index contributed by atoms with van der Waals surface area (Å²) in [4.78, 5) is 0. The number of hydrogen-bond acceptors (Lipinski definition) is 2. The second-order valence-corrected chi connectivity index (χ2v) is 5.59. The first-order valence-corrected chi connectivity index (χ1v) is 7.48. The van der Waals surface area contributed by atoms with Crippen LogP contribution in [0.3, 0.4) is 0 Å². The van der Waals surface area contributed by atoms with Crippen LogP contribution in [0.4, 0.5) is 0 Å². The van der Waals surface area contributed by atoms with Crippen molar-refractivity contribution in [3.8, 4) is 11.3 Å². The number of benzene rings is 2. The minimum absolute atomic E-state index is 0.863. The molecule has 2 heteroatoms. The largest absolute Gasteiger partial charge is 0.456 e. The maximum Gasteiger partial charge on any atom is 0.135 e. The Morgan fingerprint density at radius 1 is 0.952 bits per heavy atom. The molecule has 0 radical (unpaired) electrons. The summed E-state index contributed by atoms with van der Waals surface area (Å²) < 4.78 is 6.06. The molecule has 0 atom stereocenters. The SMILES string of the molecule is CCNCc1ccc(C)cc1-c1cc2cc(C)ccc2o1. The monoisotopic (exact) mass is 279 g/mol. The van der Waals surface area contributed by atoms with Gasteiger partial charge in [-0.25, -0.2) is 0 Å². The van der Waals surface area contributed by atoms with Crippen LogP contribution in [0.1, 0.15) is 23.6 Å². The lowest BCUT2D eigenvalue weighted by atomic mass is 10.0. The minimum atomic E-state index is 0.863. The van der Waals surface area contributed by atoms with Gasteiger partial charge in [0.1, 0.15) is 11.3 Å². The maximum absolute atomic E-state index is 6.06. The molecule has 0 spiro atoms. The Labute approximate surface area is 125 Å². The van der Waals surface area contributed by atoms with Crippen molar-refractivity contribution in [3.63, 3.8) is 0 Å². The quantitative estimate of drug-likeness (QED) is 0.740. The predicted molar refractivity (Wildman–Crippen MR) is 88.5 cm³/mol. The van der Waals surface area contributed by atoms with Crippen LogP contribution < -0.4 is 5.32 Å². The van der Waals surface area contributed by atoms with Crippen LogP contribution in [0.15, 0.2) is 46.9 Å². The highest BCUT2D eigenvalue weighted by Crippen LogP contribution is 2.31. The fourth-order valence-corrected chi connectivity index (χ4v) is 2.63. The van der Waals surface area contributed by atoms with Crippen LogP contribution in [-0.2, 0) is 6.54 Å². The van der Waals surface area contributed by atoms with Gasteiger partial charge in [-0.05, 0) is 50.2 Å². The van der Waals surface area contributed by atoms with E-state index in [-0.39, 0.29) is 0 Å². The summed E-state index contributed by atoms with van der Waals surface area (Å²) in [6.45, 7) is 8.18. The smallest absolute Gasteiger partial charge is 0.135 e. The zero-order valence-corrected chi connectivity index (χ0v) is 12.9. The van der Waals surface area contributed by atoms with Gasteiger partial charge in [0.25, 0.3) is 0 Å². The summed E-state index contributed by atoms with van der Waals surface area (Å²) in [5.41, 5.74) is 5.92. The van der Waals surface area contributed by atoms with Crippen molar-refractivity contribution in [2.24, 2.45) is 0 Å². The van der Waals surface area contributed by atoms with E-state index in [1.807, 2.05) is 6.07 Å².